The Kier molecular flexibility index (Phi) is 7.44. The van der Waals surface area contributed by atoms with Gasteiger partial charge in [0.15, 0.2) is 0 Å². The molecule has 6 atom stereocenters. The summed E-state index contributed by atoms with van der Waals surface area (Å²) in [7, 11) is 0. The van der Waals surface area contributed by atoms with Gasteiger partial charge in [0.05, 0.1) is 37.2 Å². The van der Waals surface area contributed by atoms with E-state index < -0.39 is 0 Å². The molecule has 7 rings (SSSR count). The quantitative estimate of drug-likeness (QED) is 0.374. The van der Waals surface area contributed by atoms with Gasteiger partial charge in [-0.05, 0) is 111 Å². The zero-order valence-electron chi connectivity index (χ0n) is 23.2. The number of hydrogen-bond acceptors (Lipinski definition) is 6. The molecule has 2 fully saturated rings. The van der Waals surface area contributed by atoms with Gasteiger partial charge < -0.3 is 19.1 Å². The number of anilines is 1. The third-order valence-corrected chi connectivity index (χ3v) is 10.8. The van der Waals surface area contributed by atoms with Gasteiger partial charge in [-0.25, -0.2) is 0 Å². The van der Waals surface area contributed by atoms with Crippen LogP contribution in [0.2, 0.25) is 5.02 Å². The number of rotatable bonds is 0. The SMILES string of the molecule is C[C@H]1C[C@H]2C[C@@H](O1)[C@@H]1CC[C@H]1CN1C[C@@]3(CCCc4cc(Cl)ccc43)COc3ccc(cc31)C(=O)NSCCO2. The van der Waals surface area contributed by atoms with E-state index in [1.807, 2.05) is 24.3 Å². The fourth-order valence-electron chi connectivity index (χ4n) is 7.83. The Balaban J connectivity index is 1.26. The number of fused-ring (bicyclic) bond motifs is 7. The lowest BCUT2D eigenvalue weighted by atomic mass is 9.67. The van der Waals surface area contributed by atoms with E-state index in [1.165, 1.54) is 35.9 Å². The van der Waals surface area contributed by atoms with Gasteiger partial charge in [0.1, 0.15) is 5.75 Å². The largest absolute Gasteiger partial charge is 0.490 e. The highest BCUT2D eigenvalue weighted by molar-refractivity contribution is 7.97. The summed E-state index contributed by atoms with van der Waals surface area (Å²) in [6.45, 7) is 5.24. The minimum Gasteiger partial charge on any atom is -0.490 e. The number of benzene rings is 2. The van der Waals surface area contributed by atoms with Gasteiger partial charge in [-0.15, -0.1) is 0 Å². The molecule has 2 aromatic carbocycles. The molecule has 3 heterocycles. The molecule has 1 saturated heterocycles. The van der Waals surface area contributed by atoms with E-state index >= 15 is 0 Å². The first-order valence-electron chi connectivity index (χ1n) is 15.0. The van der Waals surface area contributed by atoms with Gasteiger partial charge in [-0.3, -0.25) is 9.52 Å². The molecule has 5 aliphatic rings. The van der Waals surface area contributed by atoms with Crippen molar-refractivity contribution in [2.24, 2.45) is 11.8 Å². The standard InChI is InChI=1S/C32H39ClN2O4S/c1-20-13-25-16-30(39-20)26-7-4-23(26)17-35-18-32(10-2-3-21-14-24(33)6-8-27(21)32)19-38-29-9-5-22(15-28(29)35)31(36)34-40-12-11-37-25/h5-6,8-9,14-15,20,23,25-26,30H,2-4,7,10-13,16-19H2,1H3,(H,34,36)/t20-,23-,25-,26+,30+,32-/m0/s1. The molecule has 0 aromatic heterocycles. The van der Waals surface area contributed by atoms with E-state index in [0.29, 0.717) is 30.6 Å². The number of nitrogens with one attached hydrogen (secondary N) is 1. The molecule has 4 bridgehead atoms. The molecule has 3 aliphatic heterocycles. The summed E-state index contributed by atoms with van der Waals surface area (Å²) in [6, 6.07) is 12.3. The van der Waals surface area contributed by atoms with Crippen LogP contribution in [0, 0.1) is 11.8 Å². The van der Waals surface area contributed by atoms with Crippen LogP contribution in [0.3, 0.4) is 0 Å². The minimum atomic E-state index is -0.121. The molecule has 214 valence electrons. The molecule has 1 amide bonds. The fraction of sp³-hybridized carbons (Fsp3) is 0.594. The van der Waals surface area contributed by atoms with E-state index in [2.05, 4.69) is 28.7 Å². The van der Waals surface area contributed by atoms with Crippen molar-refractivity contribution in [3.63, 3.8) is 0 Å². The van der Waals surface area contributed by atoms with Crippen molar-refractivity contribution in [1.29, 1.82) is 0 Å². The monoisotopic (exact) mass is 582 g/mol. The number of halogens is 1. The van der Waals surface area contributed by atoms with Gasteiger partial charge in [-0.1, -0.05) is 17.7 Å². The van der Waals surface area contributed by atoms with E-state index in [9.17, 15) is 4.79 Å². The van der Waals surface area contributed by atoms with Crippen LogP contribution in [0.15, 0.2) is 36.4 Å². The maximum Gasteiger partial charge on any atom is 0.261 e. The zero-order valence-corrected chi connectivity index (χ0v) is 24.8. The molecule has 1 spiro atoms. The van der Waals surface area contributed by atoms with Crippen molar-refractivity contribution in [1.82, 2.24) is 4.72 Å². The number of nitrogens with zero attached hydrogens (tertiary/aromatic N) is 1. The Bertz CT molecular complexity index is 1280. The van der Waals surface area contributed by atoms with Gasteiger partial charge in [0, 0.05) is 41.3 Å². The second kappa shape index (κ2) is 11.0. The second-order valence-corrected chi connectivity index (χ2v) is 13.9. The Labute approximate surface area is 246 Å². The number of hydrogen-bond donors (Lipinski definition) is 1. The van der Waals surface area contributed by atoms with Crippen LogP contribution in [0.25, 0.3) is 0 Å². The predicted molar refractivity (Wildman–Crippen MR) is 160 cm³/mol. The number of carbonyl (C=O) groups is 1. The summed E-state index contributed by atoms with van der Waals surface area (Å²) in [5.41, 5.74) is 4.29. The minimum absolute atomic E-state index is 0.0715. The van der Waals surface area contributed by atoms with E-state index in [0.717, 1.165) is 67.4 Å². The average Bonchev–Trinajstić information content (AvgIpc) is 3.07. The Morgan fingerprint density at radius 3 is 2.95 bits per heavy atom. The smallest absolute Gasteiger partial charge is 0.261 e. The number of carbonyl (C=O) groups excluding carboxylic acids is 1. The molecule has 6 nitrogen and oxygen atoms in total. The number of amides is 1. The van der Waals surface area contributed by atoms with Gasteiger partial charge in [-0.2, -0.15) is 0 Å². The lowest BCUT2D eigenvalue weighted by molar-refractivity contribution is -0.146. The molecule has 0 radical (unpaired) electrons. The molecule has 2 aliphatic carbocycles. The first kappa shape index (κ1) is 26.9. The molecule has 40 heavy (non-hydrogen) atoms. The first-order valence-corrected chi connectivity index (χ1v) is 16.3. The van der Waals surface area contributed by atoms with Crippen LogP contribution in [-0.4, -0.2) is 56.3 Å². The van der Waals surface area contributed by atoms with Crippen molar-refractivity contribution >= 4 is 35.1 Å². The van der Waals surface area contributed by atoms with Gasteiger partial charge in [0.2, 0.25) is 0 Å². The Morgan fingerprint density at radius 1 is 1.15 bits per heavy atom. The highest BCUT2D eigenvalue weighted by Gasteiger charge is 2.46. The van der Waals surface area contributed by atoms with E-state index in [4.69, 9.17) is 25.8 Å². The Hall–Kier alpha value is -1.93. The zero-order chi connectivity index (χ0) is 27.3. The third kappa shape index (κ3) is 5.12. The van der Waals surface area contributed by atoms with Crippen LogP contribution in [0.4, 0.5) is 5.69 Å². The summed E-state index contributed by atoms with van der Waals surface area (Å²) in [5.74, 6) is 2.59. The summed E-state index contributed by atoms with van der Waals surface area (Å²) < 4.78 is 22.5. The lowest BCUT2D eigenvalue weighted by Gasteiger charge is -2.48. The topological polar surface area (TPSA) is 60.0 Å². The van der Waals surface area contributed by atoms with Crippen molar-refractivity contribution in [3.05, 3.63) is 58.1 Å². The summed E-state index contributed by atoms with van der Waals surface area (Å²) in [5, 5.41) is 0.800. The van der Waals surface area contributed by atoms with Gasteiger partial charge >= 0.3 is 0 Å². The van der Waals surface area contributed by atoms with Crippen molar-refractivity contribution in [2.45, 2.75) is 75.6 Å². The fourth-order valence-corrected chi connectivity index (χ4v) is 8.55. The molecular formula is C32H39ClN2O4S. The number of ether oxygens (including phenoxy) is 3. The van der Waals surface area contributed by atoms with Crippen molar-refractivity contribution in [2.75, 3.05) is 37.0 Å². The summed E-state index contributed by atoms with van der Waals surface area (Å²) in [6.07, 6.45) is 8.23. The van der Waals surface area contributed by atoms with Crippen LogP contribution in [0.5, 0.6) is 5.75 Å². The van der Waals surface area contributed by atoms with Crippen LogP contribution in [0.1, 0.15) is 66.9 Å². The molecule has 2 aromatic rings. The highest BCUT2D eigenvalue weighted by atomic mass is 35.5. The average molecular weight is 583 g/mol. The summed E-state index contributed by atoms with van der Waals surface area (Å²) >= 11 is 7.85. The van der Waals surface area contributed by atoms with Crippen molar-refractivity contribution in [3.8, 4) is 5.75 Å². The van der Waals surface area contributed by atoms with Gasteiger partial charge in [0.25, 0.3) is 5.91 Å². The van der Waals surface area contributed by atoms with Crippen molar-refractivity contribution < 1.29 is 19.0 Å². The maximum atomic E-state index is 13.2. The highest BCUT2D eigenvalue weighted by Crippen LogP contribution is 2.48. The third-order valence-electron chi connectivity index (χ3n) is 9.91. The Morgan fingerprint density at radius 2 is 2.08 bits per heavy atom. The molecule has 1 saturated carbocycles. The summed E-state index contributed by atoms with van der Waals surface area (Å²) in [4.78, 5) is 15.7. The van der Waals surface area contributed by atoms with E-state index in [-0.39, 0.29) is 29.6 Å². The molecular weight excluding hydrogens is 544 g/mol. The van der Waals surface area contributed by atoms with Crippen LogP contribution >= 0.6 is 23.5 Å². The molecule has 1 N–H and O–H groups in total. The van der Waals surface area contributed by atoms with Crippen LogP contribution in [-0.2, 0) is 21.3 Å². The molecule has 0 unspecified atom stereocenters. The van der Waals surface area contributed by atoms with Crippen LogP contribution < -0.4 is 14.4 Å². The molecule has 8 heteroatoms. The predicted octanol–water partition coefficient (Wildman–Crippen LogP) is 6.18. The normalized spacial score (nSPS) is 34.0. The maximum absolute atomic E-state index is 13.2. The van der Waals surface area contributed by atoms with E-state index in [1.54, 1.807) is 0 Å². The lowest BCUT2D eigenvalue weighted by Crippen LogP contribution is -2.51. The number of aryl methyl sites for hydroxylation is 1. The second-order valence-electron chi connectivity index (χ2n) is 12.5. The first-order chi connectivity index (χ1) is 19.5.